The fourth-order valence-electron chi connectivity index (χ4n) is 2.75. The SMILES string of the molecule is O=S(=O)(NCC1CCCCC1CO)c1ccccc1F. The second kappa shape index (κ2) is 6.65. The van der Waals surface area contributed by atoms with Gasteiger partial charge in [0.15, 0.2) is 0 Å². The summed E-state index contributed by atoms with van der Waals surface area (Å²) in [7, 11) is -3.83. The molecule has 0 aliphatic heterocycles. The molecule has 4 nitrogen and oxygen atoms in total. The standard InChI is InChI=1S/C14H20FNO3S/c15-13-7-3-4-8-14(13)20(18,19)16-9-11-5-1-2-6-12(11)10-17/h3-4,7-8,11-12,16-17H,1-2,5-6,9-10H2. The van der Waals surface area contributed by atoms with Crippen molar-refractivity contribution >= 4 is 10.0 Å². The fourth-order valence-corrected chi connectivity index (χ4v) is 3.92. The van der Waals surface area contributed by atoms with Gasteiger partial charge < -0.3 is 5.11 Å². The molecule has 1 aromatic rings. The van der Waals surface area contributed by atoms with Crippen LogP contribution in [0.5, 0.6) is 0 Å². The quantitative estimate of drug-likeness (QED) is 0.873. The van der Waals surface area contributed by atoms with Crippen LogP contribution in [0.3, 0.4) is 0 Å². The minimum absolute atomic E-state index is 0.0755. The van der Waals surface area contributed by atoms with Crippen LogP contribution in [0.1, 0.15) is 25.7 Å². The molecule has 0 saturated heterocycles. The van der Waals surface area contributed by atoms with Crippen molar-refractivity contribution in [1.29, 1.82) is 0 Å². The summed E-state index contributed by atoms with van der Waals surface area (Å²) in [5.74, 6) is -0.496. The number of aliphatic hydroxyl groups is 1. The highest BCUT2D eigenvalue weighted by Crippen LogP contribution is 2.29. The van der Waals surface area contributed by atoms with Crippen LogP contribution in [-0.4, -0.2) is 26.7 Å². The van der Waals surface area contributed by atoms with Gasteiger partial charge in [-0.15, -0.1) is 0 Å². The molecule has 6 heteroatoms. The minimum Gasteiger partial charge on any atom is -0.396 e. The van der Waals surface area contributed by atoms with Crippen molar-refractivity contribution in [3.8, 4) is 0 Å². The molecular weight excluding hydrogens is 281 g/mol. The first kappa shape index (κ1) is 15.4. The molecule has 0 aromatic heterocycles. The Hall–Kier alpha value is -0.980. The number of sulfonamides is 1. The van der Waals surface area contributed by atoms with E-state index in [1.54, 1.807) is 0 Å². The molecule has 0 spiro atoms. The van der Waals surface area contributed by atoms with Crippen molar-refractivity contribution in [1.82, 2.24) is 4.72 Å². The van der Waals surface area contributed by atoms with Crippen molar-refractivity contribution in [2.75, 3.05) is 13.2 Å². The second-order valence-corrected chi connectivity index (χ2v) is 7.00. The third-order valence-electron chi connectivity index (χ3n) is 3.96. The van der Waals surface area contributed by atoms with E-state index in [0.29, 0.717) is 0 Å². The molecule has 1 fully saturated rings. The summed E-state index contributed by atoms with van der Waals surface area (Å²) in [6, 6.07) is 5.33. The summed E-state index contributed by atoms with van der Waals surface area (Å²) < 4.78 is 40.2. The van der Waals surface area contributed by atoms with E-state index in [9.17, 15) is 17.9 Å². The van der Waals surface area contributed by atoms with Gasteiger partial charge in [-0.2, -0.15) is 0 Å². The Morgan fingerprint density at radius 1 is 1.20 bits per heavy atom. The Kier molecular flexibility index (Phi) is 5.12. The molecule has 2 unspecified atom stereocenters. The van der Waals surface area contributed by atoms with Crippen LogP contribution in [0.25, 0.3) is 0 Å². The third kappa shape index (κ3) is 3.56. The maximum absolute atomic E-state index is 13.5. The van der Waals surface area contributed by atoms with E-state index in [0.717, 1.165) is 31.7 Å². The van der Waals surface area contributed by atoms with Crippen molar-refractivity contribution in [2.45, 2.75) is 30.6 Å². The zero-order valence-corrected chi connectivity index (χ0v) is 12.1. The summed E-state index contributed by atoms with van der Waals surface area (Å²) in [6.45, 7) is 0.327. The molecule has 1 aromatic carbocycles. The highest BCUT2D eigenvalue weighted by molar-refractivity contribution is 7.89. The molecule has 0 amide bonds. The lowest BCUT2D eigenvalue weighted by atomic mass is 9.80. The Morgan fingerprint density at radius 3 is 2.50 bits per heavy atom. The van der Waals surface area contributed by atoms with E-state index in [-0.39, 0.29) is 29.9 Å². The zero-order valence-electron chi connectivity index (χ0n) is 11.3. The van der Waals surface area contributed by atoms with E-state index in [1.165, 1.54) is 18.2 Å². The maximum Gasteiger partial charge on any atom is 0.243 e. The van der Waals surface area contributed by atoms with Gasteiger partial charge in [-0.25, -0.2) is 17.5 Å². The highest BCUT2D eigenvalue weighted by Gasteiger charge is 2.27. The Morgan fingerprint density at radius 2 is 1.85 bits per heavy atom. The van der Waals surface area contributed by atoms with Crippen molar-refractivity contribution in [3.63, 3.8) is 0 Å². The lowest BCUT2D eigenvalue weighted by Gasteiger charge is -2.30. The molecule has 0 radical (unpaired) electrons. The van der Waals surface area contributed by atoms with E-state index < -0.39 is 15.8 Å². The number of nitrogens with one attached hydrogen (secondary N) is 1. The number of hydrogen-bond donors (Lipinski definition) is 2. The Balaban J connectivity index is 2.04. The molecule has 1 aliphatic rings. The molecule has 20 heavy (non-hydrogen) atoms. The Bertz CT molecular complexity index is 547. The molecular formula is C14H20FNO3S. The first-order chi connectivity index (χ1) is 9.54. The largest absolute Gasteiger partial charge is 0.396 e. The number of hydrogen-bond acceptors (Lipinski definition) is 3. The topological polar surface area (TPSA) is 66.4 Å². The average molecular weight is 301 g/mol. The van der Waals surface area contributed by atoms with Crippen LogP contribution < -0.4 is 4.72 Å². The molecule has 1 aliphatic carbocycles. The number of halogens is 1. The summed E-state index contributed by atoms with van der Waals surface area (Å²) in [4.78, 5) is -0.323. The van der Waals surface area contributed by atoms with Gasteiger partial charge in [-0.05, 0) is 36.8 Å². The van der Waals surface area contributed by atoms with Crippen LogP contribution in [-0.2, 0) is 10.0 Å². The van der Waals surface area contributed by atoms with Crippen LogP contribution in [0.15, 0.2) is 29.2 Å². The lowest BCUT2D eigenvalue weighted by Crippen LogP contribution is -2.35. The third-order valence-corrected chi connectivity index (χ3v) is 5.42. The Labute approximate surface area is 119 Å². The maximum atomic E-state index is 13.5. The summed E-state index contributed by atoms with van der Waals surface area (Å²) >= 11 is 0. The van der Waals surface area contributed by atoms with Gasteiger partial charge in [0.25, 0.3) is 0 Å². The second-order valence-electron chi connectivity index (χ2n) is 5.27. The van der Waals surface area contributed by atoms with Gasteiger partial charge in [-0.3, -0.25) is 0 Å². The van der Waals surface area contributed by atoms with Crippen molar-refractivity contribution in [2.24, 2.45) is 11.8 Å². The van der Waals surface area contributed by atoms with Gasteiger partial charge in [-0.1, -0.05) is 25.0 Å². The summed E-state index contributed by atoms with van der Waals surface area (Å²) in [5, 5.41) is 9.31. The van der Waals surface area contributed by atoms with Gasteiger partial charge in [0.2, 0.25) is 10.0 Å². The van der Waals surface area contributed by atoms with Crippen LogP contribution in [0.2, 0.25) is 0 Å². The molecule has 0 heterocycles. The lowest BCUT2D eigenvalue weighted by molar-refractivity contribution is 0.136. The first-order valence-electron chi connectivity index (χ1n) is 6.89. The number of benzene rings is 1. The van der Waals surface area contributed by atoms with E-state index in [4.69, 9.17) is 0 Å². The summed E-state index contributed by atoms with van der Waals surface area (Å²) in [5.41, 5.74) is 0. The fraction of sp³-hybridized carbons (Fsp3) is 0.571. The monoisotopic (exact) mass is 301 g/mol. The van der Waals surface area contributed by atoms with Gasteiger partial charge >= 0.3 is 0 Å². The molecule has 0 bridgehead atoms. The predicted octanol–water partition coefficient (Wildman–Crippen LogP) is 1.90. The predicted molar refractivity (Wildman–Crippen MR) is 74.1 cm³/mol. The average Bonchev–Trinajstić information content (AvgIpc) is 2.46. The minimum atomic E-state index is -3.83. The van der Waals surface area contributed by atoms with E-state index >= 15 is 0 Å². The van der Waals surface area contributed by atoms with E-state index in [2.05, 4.69) is 4.72 Å². The normalized spacial score (nSPS) is 23.7. The van der Waals surface area contributed by atoms with Crippen molar-refractivity contribution < 1.29 is 17.9 Å². The molecule has 2 rings (SSSR count). The molecule has 2 N–H and O–H groups in total. The molecule has 112 valence electrons. The highest BCUT2D eigenvalue weighted by atomic mass is 32.2. The zero-order chi connectivity index (χ0) is 14.6. The smallest absolute Gasteiger partial charge is 0.243 e. The van der Waals surface area contributed by atoms with Gasteiger partial charge in [0.1, 0.15) is 10.7 Å². The van der Waals surface area contributed by atoms with Crippen LogP contribution in [0.4, 0.5) is 4.39 Å². The number of rotatable bonds is 5. The van der Waals surface area contributed by atoms with Crippen LogP contribution in [0, 0.1) is 17.7 Å². The summed E-state index contributed by atoms with van der Waals surface area (Å²) in [6.07, 6.45) is 3.93. The van der Waals surface area contributed by atoms with Crippen LogP contribution >= 0.6 is 0 Å². The van der Waals surface area contributed by atoms with E-state index in [1.807, 2.05) is 0 Å². The number of aliphatic hydroxyl groups excluding tert-OH is 1. The first-order valence-corrected chi connectivity index (χ1v) is 8.38. The van der Waals surface area contributed by atoms with Crippen molar-refractivity contribution in [3.05, 3.63) is 30.1 Å². The molecule has 1 saturated carbocycles. The van der Waals surface area contributed by atoms with Gasteiger partial charge in [0.05, 0.1) is 0 Å². The van der Waals surface area contributed by atoms with Gasteiger partial charge in [0, 0.05) is 13.2 Å². The molecule has 2 atom stereocenters.